The molecule has 7 rings (SSSR count). The SMILES string of the molecule is O=C(O)c1ccc(CCc2ccc(NC(=O)c3cc(N4CCCCC4)ccc3NC(=O)c3cccc(S(=O)(=O)N(C4CCC(C(=O)O)CC4)C4CC4)c3)cc2)cc1.[H-].[H-].[K+].[K+]. The third-order valence-corrected chi connectivity index (χ3v) is 13.3. The molecule has 4 aromatic rings. The molecule has 2 aliphatic carbocycles. The second kappa shape index (κ2) is 21.7. The summed E-state index contributed by atoms with van der Waals surface area (Å²) in [6.07, 6.45) is 7.96. The summed E-state index contributed by atoms with van der Waals surface area (Å²) < 4.78 is 29.8. The van der Waals surface area contributed by atoms with Gasteiger partial charge in [0.2, 0.25) is 10.0 Å². The quantitative estimate of drug-likeness (QED) is 0.138. The van der Waals surface area contributed by atoms with Gasteiger partial charge in [-0.25, -0.2) is 13.2 Å². The number of nitrogens with one attached hydrogen (secondary N) is 2. The summed E-state index contributed by atoms with van der Waals surface area (Å²) in [6, 6.07) is 25.2. The monoisotopic (exact) mass is 872 g/mol. The Morgan fingerprint density at radius 1 is 0.678 bits per heavy atom. The second-order valence-corrected chi connectivity index (χ2v) is 17.2. The number of carboxylic acids is 2. The molecule has 12 nitrogen and oxygen atoms in total. The Labute approximate surface area is 433 Å². The predicted molar refractivity (Wildman–Crippen MR) is 220 cm³/mol. The van der Waals surface area contributed by atoms with Crippen LogP contribution in [-0.2, 0) is 27.7 Å². The molecule has 0 radical (unpaired) electrons. The molecule has 3 fully saturated rings. The van der Waals surface area contributed by atoms with Crippen LogP contribution in [0.3, 0.4) is 0 Å². The molecule has 2 saturated carbocycles. The predicted octanol–water partition coefficient (Wildman–Crippen LogP) is 1.69. The van der Waals surface area contributed by atoms with Crippen molar-refractivity contribution in [3.8, 4) is 0 Å². The number of aliphatic carboxylic acids is 1. The van der Waals surface area contributed by atoms with E-state index in [-0.39, 0.29) is 145 Å². The summed E-state index contributed by atoms with van der Waals surface area (Å²) in [4.78, 5) is 52.7. The summed E-state index contributed by atoms with van der Waals surface area (Å²) in [5, 5.41) is 24.5. The maximum atomic E-state index is 14.1. The van der Waals surface area contributed by atoms with E-state index < -0.39 is 39.7 Å². The molecule has 2 amide bonds. The van der Waals surface area contributed by atoms with Crippen LogP contribution in [0.5, 0.6) is 0 Å². The Bertz CT molecular complexity index is 2250. The number of hydrogen-bond donors (Lipinski definition) is 4. The fraction of sp³-hybridized carbons (Fsp3) is 0.364. The van der Waals surface area contributed by atoms with E-state index in [1.807, 2.05) is 42.5 Å². The van der Waals surface area contributed by atoms with Gasteiger partial charge < -0.3 is 28.6 Å². The van der Waals surface area contributed by atoms with Gasteiger partial charge in [0, 0.05) is 42.1 Å². The molecule has 4 N–H and O–H groups in total. The molecule has 59 heavy (non-hydrogen) atoms. The number of aryl methyl sites for hydroxylation is 2. The molecule has 1 saturated heterocycles. The second-order valence-electron chi connectivity index (χ2n) is 15.3. The molecule has 4 aromatic carbocycles. The Kier molecular flexibility index (Phi) is 17.6. The zero-order chi connectivity index (χ0) is 40.1. The zero-order valence-electron chi connectivity index (χ0n) is 35.7. The molecule has 302 valence electrons. The first-order chi connectivity index (χ1) is 27.5. The van der Waals surface area contributed by atoms with Crippen molar-refractivity contribution in [2.75, 3.05) is 28.6 Å². The Morgan fingerprint density at radius 2 is 1.27 bits per heavy atom. The van der Waals surface area contributed by atoms with Crippen LogP contribution in [0.15, 0.2) is 95.9 Å². The van der Waals surface area contributed by atoms with Gasteiger partial charge in [-0.15, -0.1) is 0 Å². The summed E-state index contributed by atoms with van der Waals surface area (Å²) in [6.45, 7) is 1.72. The van der Waals surface area contributed by atoms with E-state index in [0.29, 0.717) is 31.4 Å². The fourth-order valence-electron chi connectivity index (χ4n) is 7.94. The van der Waals surface area contributed by atoms with Crippen molar-refractivity contribution in [2.45, 2.75) is 87.6 Å². The van der Waals surface area contributed by atoms with Crippen LogP contribution in [0.25, 0.3) is 0 Å². The number of anilines is 3. The first-order valence-corrected chi connectivity index (χ1v) is 21.2. The first kappa shape index (κ1) is 47.8. The standard InChI is InChI=1S/C44H48N4O8S.2K.2H/c49-41(33-5-4-6-38(27-33)57(55,56)48(36-21-22-36)35-19-15-32(16-20-35)44(53)54)46-40-24-23-37(47-25-2-1-3-26-47)28-39(40)42(50)45-34-17-11-30(12-18-34)8-7-29-9-13-31(14-10-29)43(51)52;;;;/h4-6,9-14,17-18,23-24,27-28,32,35-36H,1-3,7-8,15-16,19-22,25-26H2,(H,45,50)(H,46,49)(H,51,52)(H,53,54);;;;/q;2*+1;2*-1. The van der Waals surface area contributed by atoms with E-state index in [1.54, 1.807) is 40.7 Å². The van der Waals surface area contributed by atoms with E-state index in [9.17, 15) is 32.7 Å². The third kappa shape index (κ3) is 12.2. The van der Waals surface area contributed by atoms with E-state index in [1.165, 1.54) is 12.1 Å². The molecule has 0 bridgehead atoms. The largest absolute Gasteiger partial charge is 1.00 e. The zero-order valence-corrected chi connectivity index (χ0v) is 40.8. The molecule has 0 spiro atoms. The molecule has 1 aliphatic heterocycles. The number of rotatable bonds is 14. The minimum absolute atomic E-state index is 0. The molecule has 1 heterocycles. The van der Waals surface area contributed by atoms with Crippen LogP contribution in [-0.4, -0.2) is 71.9 Å². The number of hydrogen-bond acceptors (Lipinski definition) is 7. The Hall–Kier alpha value is -2.26. The first-order valence-electron chi connectivity index (χ1n) is 19.8. The van der Waals surface area contributed by atoms with Gasteiger partial charge in [-0.1, -0.05) is 30.3 Å². The van der Waals surface area contributed by atoms with Crippen molar-refractivity contribution in [3.05, 3.63) is 119 Å². The molecule has 3 aliphatic rings. The number of nitrogens with zero attached hydrogens (tertiary/aromatic N) is 2. The third-order valence-electron chi connectivity index (χ3n) is 11.3. The molecule has 0 atom stereocenters. The van der Waals surface area contributed by atoms with Crippen LogP contribution in [0.4, 0.5) is 17.1 Å². The van der Waals surface area contributed by atoms with Crippen molar-refractivity contribution in [1.29, 1.82) is 0 Å². The number of carbonyl (C=O) groups excluding carboxylic acids is 2. The van der Waals surface area contributed by atoms with Gasteiger partial charge in [-0.05, 0) is 142 Å². The molecular weight excluding hydrogens is 823 g/mol. The minimum atomic E-state index is -3.99. The van der Waals surface area contributed by atoms with E-state index in [2.05, 4.69) is 15.5 Å². The Morgan fingerprint density at radius 3 is 1.85 bits per heavy atom. The van der Waals surface area contributed by atoms with Gasteiger partial charge in [-0.2, -0.15) is 4.31 Å². The molecular formula is C44H50K2N4O8S. The van der Waals surface area contributed by atoms with Gasteiger partial charge >= 0.3 is 115 Å². The van der Waals surface area contributed by atoms with Gasteiger partial charge in [0.05, 0.1) is 27.6 Å². The van der Waals surface area contributed by atoms with E-state index in [4.69, 9.17) is 5.11 Å². The number of sulfonamides is 1. The van der Waals surface area contributed by atoms with Crippen molar-refractivity contribution in [1.82, 2.24) is 4.31 Å². The number of amides is 2. The summed E-state index contributed by atoms with van der Waals surface area (Å²) in [7, 11) is -3.99. The molecule has 0 aromatic heterocycles. The van der Waals surface area contributed by atoms with Crippen LogP contribution < -0.4 is 118 Å². The summed E-state index contributed by atoms with van der Waals surface area (Å²) in [5.41, 5.74) is 4.43. The normalized spacial score (nSPS) is 17.9. The maximum absolute atomic E-state index is 14.1. The van der Waals surface area contributed by atoms with Crippen molar-refractivity contribution in [2.24, 2.45) is 5.92 Å². The van der Waals surface area contributed by atoms with Gasteiger partial charge in [0.15, 0.2) is 0 Å². The summed E-state index contributed by atoms with van der Waals surface area (Å²) in [5.74, 6) is -3.25. The maximum Gasteiger partial charge on any atom is 1.00 e. The number of carbonyl (C=O) groups is 4. The van der Waals surface area contributed by atoms with Crippen molar-refractivity contribution >= 4 is 50.8 Å². The van der Waals surface area contributed by atoms with Crippen LogP contribution in [0.1, 0.15) is 103 Å². The minimum Gasteiger partial charge on any atom is -1.00 e. The number of aromatic carboxylic acids is 1. The van der Waals surface area contributed by atoms with Gasteiger partial charge in [0.25, 0.3) is 11.8 Å². The van der Waals surface area contributed by atoms with Crippen molar-refractivity contribution < 1.29 is 143 Å². The number of benzene rings is 4. The van der Waals surface area contributed by atoms with E-state index >= 15 is 0 Å². The fourth-order valence-corrected chi connectivity index (χ4v) is 9.92. The van der Waals surface area contributed by atoms with Crippen LogP contribution in [0, 0.1) is 5.92 Å². The average Bonchev–Trinajstić information content (AvgIpc) is 4.06. The van der Waals surface area contributed by atoms with Crippen molar-refractivity contribution in [3.63, 3.8) is 0 Å². The van der Waals surface area contributed by atoms with Gasteiger partial charge in [-0.3, -0.25) is 14.4 Å². The molecule has 15 heteroatoms. The molecule has 0 unspecified atom stereocenters. The van der Waals surface area contributed by atoms with Crippen LogP contribution in [0.2, 0.25) is 0 Å². The average molecular weight is 873 g/mol. The smallest absolute Gasteiger partial charge is 1.00 e. The van der Waals surface area contributed by atoms with E-state index in [0.717, 1.165) is 74.8 Å². The topological polar surface area (TPSA) is 173 Å². The van der Waals surface area contributed by atoms with Gasteiger partial charge in [0.1, 0.15) is 0 Å². The number of piperidine rings is 1. The summed E-state index contributed by atoms with van der Waals surface area (Å²) >= 11 is 0. The number of carboxylic acid groups (broad SMARTS) is 2. The Balaban J connectivity index is 0.00000248. The van der Waals surface area contributed by atoms with Crippen LogP contribution >= 0.6 is 0 Å².